The summed E-state index contributed by atoms with van der Waals surface area (Å²) in [6, 6.07) is 5.46. The first kappa shape index (κ1) is 39.2. The first-order valence-electron chi connectivity index (χ1n) is 18.7. The minimum atomic E-state index is -4.92. The topological polar surface area (TPSA) is 24.1 Å². The van der Waals surface area contributed by atoms with Gasteiger partial charge in [0.05, 0.1) is 0 Å². The first-order valence-corrected chi connectivity index (χ1v) is 21.8. The van der Waals surface area contributed by atoms with Gasteiger partial charge in [0.2, 0.25) is 0 Å². The van der Waals surface area contributed by atoms with E-state index in [1.807, 2.05) is 36.5 Å². The molecule has 0 aliphatic heterocycles. The molecule has 0 amide bonds. The number of halogens is 4. The summed E-state index contributed by atoms with van der Waals surface area (Å²) >= 11 is -4.92. The van der Waals surface area contributed by atoms with Crippen LogP contribution in [0.3, 0.4) is 0 Å². The van der Waals surface area contributed by atoms with Crippen LogP contribution in [0.4, 0.5) is 28.9 Å². The van der Waals surface area contributed by atoms with Gasteiger partial charge in [0, 0.05) is 0 Å². The Morgan fingerprint density at radius 3 is 1.35 bits per heavy atom. The Bertz CT molecular complexity index is 1440. The van der Waals surface area contributed by atoms with Gasteiger partial charge in [-0.2, -0.15) is 0 Å². The van der Waals surface area contributed by atoms with Crippen LogP contribution in [0.5, 0.6) is 0 Å². The first-order chi connectivity index (χ1) is 23.5. The number of hydrogen-bond acceptors (Lipinski definition) is 2. The Balaban J connectivity index is 1.88. The Labute approximate surface area is 297 Å². The molecule has 2 aromatic rings. The predicted molar refractivity (Wildman–Crippen MR) is 198 cm³/mol. The fourth-order valence-electron chi connectivity index (χ4n) is 7.49. The summed E-state index contributed by atoms with van der Waals surface area (Å²) in [5.74, 6) is -2.98. The molecule has 4 rings (SSSR count). The van der Waals surface area contributed by atoms with Crippen LogP contribution in [0.1, 0.15) is 119 Å². The summed E-state index contributed by atoms with van der Waals surface area (Å²) in [4.78, 5) is 0. The van der Waals surface area contributed by atoms with Crippen LogP contribution >= 0.6 is 0 Å². The van der Waals surface area contributed by atoms with Crippen LogP contribution in [0.25, 0.3) is 0 Å². The number of nitrogens with one attached hydrogen (secondary N) is 2. The summed E-state index contributed by atoms with van der Waals surface area (Å²) in [5, 5.41) is 6.65. The zero-order valence-corrected chi connectivity index (χ0v) is 32.2. The van der Waals surface area contributed by atoms with Gasteiger partial charge >= 0.3 is 298 Å². The average molecular weight is 715 g/mol. The molecule has 0 bridgehead atoms. The van der Waals surface area contributed by atoms with Crippen LogP contribution in [-0.2, 0) is 16.6 Å². The van der Waals surface area contributed by atoms with Gasteiger partial charge in [0.25, 0.3) is 0 Å². The molecule has 0 fully saturated rings. The van der Waals surface area contributed by atoms with E-state index in [0.29, 0.717) is 25.9 Å². The van der Waals surface area contributed by atoms with Crippen molar-refractivity contribution >= 4 is 19.1 Å². The summed E-state index contributed by atoms with van der Waals surface area (Å²) in [6.45, 7) is 14.0. The number of unbranched alkanes of at least 4 members (excludes halogenated alkanes) is 4. The second-order valence-electron chi connectivity index (χ2n) is 14.9. The molecule has 2 aromatic carbocycles. The van der Waals surface area contributed by atoms with E-state index in [9.17, 15) is 0 Å². The fraction of sp³-hybridized carbons (Fsp3) is 0.524. The van der Waals surface area contributed by atoms with E-state index in [2.05, 4.69) is 52.2 Å². The van der Waals surface area contributed by atoms with E-state index < -0.39 is 39.9 Å². The number of anilines is 2. The molecular weight excluding hydrogens is 656 g/mol. The van der Waals surface area contributed by atoms with Crippen molar-refractivity contribution in [2.24, 2.45) is 10.8 Å². The summed E-state index contributed by atoms with van der Waals surface area (Å²) in [7, 11) is 0. The molecule has 2 unspecified atom stereocenters. The molecule has 0 saturated heterocycles. The van der Waals surface area contributed by atoms with Gasteiger partial charge in [-0.05, 0) is 0 Å². The molecule has 2 atom stereocenters. The number of benzene rings is 2. The number of allylic oxidation sites excluding steroid dienone is 8. The predicted octanol–water partition coefficient (Wildman–Crippen LogP) is 11.9. The molecule has 268 valence electrons. The molecule has 0 saturated carbocycles. The van der Waals surface area contributed by atoms with Gasteiger partial charge in [-0.15, -0.1) is 0 Å². The zero-order valence-electron chi connectivity index (χ0n) is 30.7. The molecule has 0 aromatic heterocycles. The molecular formula is C42H58F4N2Ti. The number of rotatable bonds is 20. The van der Waals surface area contributed by atoms with Crippen molar-refractivity contribution in [3.8, 4) is 0 Å². The molecule has 0 heterocycles. The third-order valence-corrected chi connectivity index (χ3v) is 19.3. The van der Waals surface area contributed by atoms with Crippen LogP contribution in [0, 0.1) is 34.1 Å². The van der Waals surface area contributed by atoms with E-state index in [1.54, 1.807) is 0 Å². The number of hydrogen-bond donors (Lipinski definition) is 2. The Morgan fingerprint density at radius 1 is 0.612 bits per heavy atom. The quantitative estimate of drug-likeness (QED) is 0.0811. The fourth-order valence-corrected chi connectivity index (χ4v) is 15.8. The normalized spacial score (nSPS) is 16.8. The van der Waals surface area contributed by atoms with Gasteiger partial charge in [-0.1, -0.05) is 0 Å². The van der Waals surface area contributed by atoms with E-state index in [0.717, 1.165) is 72.0 Å². The second-order valence-corrected chi connectivity index (χ2v) is 20.8. The summed E-state index contributed by atoms with van der Waals surface area (Å²) in [5.41, 5.74) is 0.208. The van der Waals surface area contributed by atoms with Crippen molar-refractivity contribution in [1.29, 1.82) is 0 Å². The van der Waals surface area contributed by atoms with Crippen LogP contribution < -0.4 is 18.4 Å². The van der Waals surface area contributed by atoms with Gasteiger partial charge in [-0.25, -0.2) is 0 Å². The summed E-state index contributed by atoms with van der Waals surface area (Å²) in [6.07, 6.45) is 22.5. The monoisotopic (exact) mass is 714 g/mol. The molecule has 2 aliphatic carbocycles. The van der Waals surface area contributed by atoms with E-state index in [-0.39, 0.29) is 29.9 Å². The Morgan fingerprint density at radius 2 is 1.02 bits per heavy atom. The molecule has 2 nitrogen and oxygen atoms in total. The molecule has 49 heavy (non-hydrogen) atoms. The second kappa shape index (κ2) is 17.6. The van der Waals surface area contributed by atoms with E-state index >= 15 is 17.6 Å². The molecule has 2 N–H and O–H groups in total. The van der Waals surface area contributed by atoms with E-state index in [4.69, 9.17) is 0 Å². The van der Waals surface area contributed by atoms with Crippen LogP contribution in [0.2, 0.25) is 0 Å². The zero-order chi connectivity index (χ0) is 35.7. The Kier molecular flexibility index (Phi) is 14.1. The molecule has 7 heteroatoms. The third kappa shape index (κ3) is 8.67. The van der Waals surface area contributed by atoms with E-state index in [1.165, 1.54) is 24.3 Å². The van der Waals surface area contributed by atoms with Gasteiger partial charge < -0.3 is 0 Å². The Hall–Kier alpha value is -2.57. The molecule has 0 radical (unpaired) electrons. The third-order valence-electron chi connectivity index (χ3n) is 11.3. The van der Waals surface area contributed by atoms with Gasteiger partial charge in [0.15, 0.2) is 0 Å². The van der Waals surface area contributed by atoms with Gasteiger partial charge in [-0.3, -0.25) is 0 Å². The standard InChI is InChI=1S/2C16H24F2N.2C5H5.Ti/c2*1-4-6-7-10-16(3,5-2)12-19-15-9-8-13(17)11-14(15)18;2*1-2-4-5-3-1;/h2*8-9,19H,4-7,10,12H2,1-3H3;2*1-3H,4H2;. The molecule has 0 spiro atoms. The average Bonchev–Trinajstić information content (AvgIpc) is 3.83. The van der Waals surface area contributed by atoms with Crippen LogP contribution in [0.15, 0.2) is 68.5 Å². The summed E-state index contributed by atoms with van der Waals surface area (Å²) < 4.78 is 68.7. The van der Waals surface area contributed by atoms with Crippen molar-refractivity contribution < 1.29 is 34.2 Å². The van der Waals surface area contributed by atoms with Crippen molar-refractivity contribution in [2.75, 3.05) is 23.7 Å². The van der Waals surface area contributed by atoms with Crippen molar-refractivity contribution in [3.05, 3.63) is 91.7 Å². The van der Waals surface area contributed by atoms with Gasteiger partial charge in [0.1, 0.15) is 0 Å². The van der Waals surface area contributed by atoms with Crippen molar-refractivity contribution in [3.63, 3.8) is 0 Å². The maximum absolute atomic E-state index is 17.3. The van der Waals surface area contributed by atoms with Crippen molar-refractivity contribution in [1.82, 2.24) is 0 Å². The minimum absolute atomic E-state index is 0.0772. The molecule has 2 aliphatic rings. The van der Waals surface area contributed by atoms with Crippen molar-refractivity contribution in [2.45, 2.75) is 119 Å². The van der Waals surface area contributed by atoms with Crippen LogP contribution in [-0.4, -0.2) is 13.1 Å². The maximum atomic E-state index is 17.3. The SMILES string of the molecule is CCCCCC(C)(CC)CNc1ccc(F)[c]([Ti]([C]2=CC=CC2)([C]2=CC=CC2)[c]2c(F)ccc(NCC(C)(CC)CCCCC)c2F)c1F.